The lowest BCUT2D eigenvalue weighted by Gasteiger charge is -2.20. The summed E-state index contributed by atoms with van der Waals surface area (Å²) in [6, 6.07) is 16.3. The molecule has 1 N–H and O–H groups in total. The normalized spacial score (nSPS) is 11.0. The standard InChI is InChI=1S/C25H34N4O2/c1-5-6-14-28(2)19-21-18-26-27-25(21)20-10-12-22(13-11-20)29(3)15-16-31-24-9-7-8-23(17-24)30-4/h7-13,17-18H,5-6,14-16,19H2,1-4H3,(H,26,27). The number of aromatic amines is 1. The van der Waals surface area contributed by atoms with Gasteiger partial charge in [0.2, 0.25) is 0 Å². The first kappa shape index (κ1) is 22.7. The molecule has 0 unspecified atom stereocenters. The molecule has 1 heterocycles. The second-order valence-electron chi connectivity index (χ2n) is 7.86. The molecular weight excluding hydrogens is 388 g/mol. The van der Waals surface area contributed by atoms with Gasteiger partial charge in [0.15, 0.2) is 0 Å². The lowest BCUT2D eigenvalue weighted by Crippen LogP contribution is -2.23. The maximum absolute atomic E-state index is 5.86. The highest BCUT2D eigenvalue weighted by Gasteiger charge is 2.11. The van der Waals surface area contributed by atoms with E-state index in [0.717, 1.165) is 48.1 Å². The van der Waals surface area contributed by atoms with E-state index in [2.05, 4.69) is 65.3 Å². The van der Waals surface area contributed by atoms with Crippen molar-refractivity contribution in [2.24, 2.45) is 0 Å². The van der Waals surface area contributed by atoms with Crippen LogP contribution in [0.25, 0.3) is 11.3 Å². The van der Waals surface area contributed by atoms with Crippen molar-refractivity contribution in [3.8, 4) is 22.8 Å². The van der Waals surface area contributed by atoms with Crippen molar-refractivity contribution in [1.82, 2.24) is 15.1 Å². The molecule has 0 radical (unpaired) electrons. The van der Waals surface area contributed by atoms with Crippen LogP contribution in [0.15, 0.2) is 54.7 Å². The SMILES string of the molecule is CCCCN(C)Cc1cn[nH]c1-c1ccc(N(C)CCOc2cccc(OC)c2)cc1. The van der Waals surface area contributed by atoms with E-state index < -0.39 is 0 Å². The van der Waals surface area contributed by atoms with E-state index in [9.17, 15) is 0 Å². The second kappa shape index (κ2) is 11.4. The third-order valence-corrected chi connectivity index (χ3v) is 5.38. The van der Waals surface area contributed by atoms with Crippen LogP contribution < -0.4 is 14.4 Å². The summed E-state index contributed by atoms with van der Waals surface area (Å²) < 4.78 is 11.1. The van der Waals surface area contributed by atoms with Gasteiger partial charge in [0.1, 0.15) is 18.1 Å². The first-order valence-electron chi connectivity index (χ1n) is 10.9. The molecule has 6 nitrogen and oxygen atoms in total. The van der Waals surface area contributed by atoms with Crippen molar-refractivity contribution in [2.75, 3.05) is 45.8 Å². The Morgan fingerprint density at radius 3 is 2.52 bits per heavy atom. The van der Waals surface area contributed by atoms with Gasteiger partial charge in [-0.1, -0.05) is 31.5 Å². The van der Waals surface area contributed by atoms with Crippen molar-refractivity contribution in [1.29, 1.82) is 0 Å². The van der Waals surface area contributed by atoms with Gasteiger partial charge in [-0.05, 0) is 44.3 Å². The van der Waals surface area contributed by atoms with Crippen LogP contribution in [0.2, 0.25) is 0 Å². The van der Waals surface area contributed by atoms with Gasteiger partial charge >= 0.3 is 0 Å². The lowest BCUT2D eigenvalue weighted by atomic mass is 10.1. The van der Waals surface area contributed by atoms with Crippen LogP contribution in [0.3, 0.4) is 0 Å². The fraction of sp³-hybridized carbons (Fsp3) is 0.400. The average Bonchev–Trinajstić information content (AvgIpc) is 3.25. The van der Waals surface area contributed by atoms with Gasteiger partial charge in [-0.3, -0.25) is 5.10 Å². The van der Waals surface area contributed by atoms with Crippen molar-refractivity contribution in [2.45, 2.75) is 26.3 Å². The summed E-state index contributed by atoms with van der Waals surface area (Å²) >= 11 is 0. The van der Waals surface area contributed by atoms with Crippen LogP contribution in [0.1, 0.15) is 25.3 Å². The number of ether oxygens (including phenoxy) is 2. The Bertz CT molecular complexity index is 923. The third kappa shape index (κ3) is 6.49. The number of methoxy groups -OCH3 is 1. The summed E-state index contributed by atoms with van der Waals surface area (Å²) in [5, 5.41) is 7.46. The number of nitrogens with one attached hydrogen (secondary N) is 1. The highest BCUT2D eigenvalue weighted by molar-refractivity contribution is 5.65. The molecule has 6 heteroatoms. The Hall–Kier alpha value is -2.99. The zero-order valence-corrected chi connectivity index (χ0v) is 19.1. The molecule has 0 spiro atoms. The molecule has 3 aromatic rings. The van der Waals surface area contributed by atoms with E-state index in [1.54, 1.807) is 7.11 Å². The highest BCUT2D eigenvalue weighted by Crippen LogP contribution is 2.25. The van der Waals surface area contributed by atoms with Gasteiger partial charge in [-0.25, -0.2) is 0 Å². The molecule has 3 rings (SSSR count). The van der Waals surface area contributed by atoms with E-state index in [0.29, 0.717) is 6.61 Å². The molecule has 2 aromatic carbocycles. The predicted molar refractivity (Wildman–Crippen MR) is 127 cm³/mol. The van der Waals surface area contributed by atoms with Gasteiger partial charge in [-0.15, -0.1) is 0 Å². The Morgan fingerprint density at radius 1 is 1.00 bits per heavy atom. The Kier molecular flexibility index (Phi) is 8.35. The highest BCUT2D eigenvalue weighted by atomic mass is 16.5. The number of hydrogen-bond acceptors (Lipinski definition) is 5. The number of unbranched alkanes of at least 4 members (excludes halogenated alkanes) is 1. The summed E-state index contributed by atoms with van der Waals surface area (Å²) in [6.45, 7) is 5.60. The van der Waals surface area contributed by atoms with Gasteiger partial charge < -0.3 is 19.3 Å². The van der Waals surface area contributed by atoms with Crippen LogP contribution >= 0.6 is 0 Å². The summed E-state index contributed by atoms with van der Waals surface area (Å²) in [4.78, 5) is 4.54. The maximum atomic E-state index is 5.86. The van der Waals surface area contributed by atoms with Gasteiger partial charge in [0.05, 0.1) is 25.5 Å². The number of aromatic nitrogens is 2. The Balaban J connectivity index is 1.55. The van der Waals surface area contributed by atoms with Crippen molar-refractivity contribution < 1.29 is 9.47 Å². The van der Waals surface area contributed by atoms with Crippen molar-refractivity contribution >= 4 is 5.69 Å². The summed E-state index contributed by atoms with van der Waals surface area (Å²) in [5.74, 6) is 1.62. The number of rotatable bonds is 12. The van der Waals surface area contributed by atoms with Gasteiger partial charge in [0.25, 0.3) is 0 Å². The summed E-state index contributed by atoms with van der Waals surface area (Å²) in [5.41, 5.74) is 4.63. The summed E-state index contributed by atoms with van der Waals surface area (Å²) in [6.07, 6.45) is 4.36. The van der Waals surface area contributed by atoms with E-state index in [4.69, 9.17) is 9.47 Å². The second-order valence-corrected chi connectivity index (χ2v) is 7.86. The zero-order chi connectivity index (χ0) is 22.1. The largest absolute Gasteiger partial charge is 0.497 e. The van der Waals surface area contributed by atoms with Crippen LogP contribution in [0.4, 0.5) is 5.69 Å². The van der Waals surface area contributed by atoms with Crippen LogP contribution in [0.5, 0.6) is 11.5 Å². The van der Waals surface area contributed by atoms with Gasteiger partial charge in [0, 0.05) is 36.5 Å². The molecule has 1 aromatic heterocycles. The van der Waals surface area contributed by atoms with Crippen LogP contribution in [-0.2, 0) is 6.54 Å². The van der Waals surface area contributed by atoms with E-state index in [-0.39, 0.29) is 0 Å². The topological polar surface area (TPSA) is 53.6 Å². The van der Waals surface area contributed by atoms with Crippen molar-refractivity contribution in [3.05, 3.63) is 60.3 Å². The zero-order valence-electron chi connectivity index (χ0n) is 19.1. The Labute approximate surface area is 185 Å². The lowest BCUT2D eigenvalue weighted by molar-refractivity contribution is 0.321. The monoisotopic (exact) mass is 422 g/mol. The molecule has 0 aliphatic carbocycles. The molecule has 0 fully saturated rings. The van der Waals surface area contributed by atoms with Gasteiger partial charge in [-0.2, -0.15) is 5.10 Å². The molecule has 0 bridgehead atoms. The molecule has 0 amide bonds. The van der Waals surface area contributed by atoms with Crippen LogP contribution in [0, 0.1) is 0 Å². The number of benzene rings is 2. The van der Waals surface area contributed by atoms with E-state index in [1.165, 1.54) is 18.4 Å². The fourth-order valence-electron chi connectivity index (χ4n) is 3.48. The predicted octanol–water partition coefficient (Wildman–Crippen LogP) is 4.83. The summed E-state index contributed by atoms with van der Waals surface area (Å²) in [7, 11) is 5.90. The fourth-order valence-corrected chi connectivity index (χ4v) is 3.48. The molecule has 31 heavy (non-hydrogen) atoms. The van der Waals surface area contributed by atoms with E-state index >= 15 is 0 Å². The molecular formula is C25H34N4O2. The quantitative estimate of drug-likeness (QED) is 0.453. The maximum Gasteiger partial charge on any atom is 0.123 e. The molecule has 0 saturated heterocycles. The first-order valence-corrected chi connectivity index (χ1v) is 10.9. The molecule has 166 valence electrons. The molecule has 0 aliphatic rings. The van der Waals surface area contributed by atoms with E-state index in [1.807, 2.05) is 30.5 Å². The first-order chi connectivity index (χ1) is 15.1. The average molecular weight is 423 g/mol. The number of H-pyrrole nitrogens is 1. The Morgan fingerprint density at radius 2 is 1.77 bits per heavy atom. The third-order valence-electron chi connectivity index (χ3n) is 5.38. The molecule has 0 saturated carbocycles. The molecule has 0 atom stereocenters. The number of nitrogens with zero attached hydrogens (tertiary/aromatic N) is 3. The van der Waals surface area contributed by atoms with Crippen LogP contribution in [-0.4, -0.2) is 56.0 Å². The minimum atomic E-state index is 0.597. The smallest absolute Gasteiger partial charge is 0.123 e. The minimum absolute atomic E-state index is 0.597. The van der Waals surface area contributed by atoms with Crippen molar-refractivity contribution in [3.63, 3.8) is 0 Å². The number of hydrogen-bond donors (Lipinski definition) is 1. The minimum Gasteiger partial charge on any atom is -0.497 e. The molecule has 0 aliphatic heterocycles. The number of anilines is 1. The number of likely N-dealkylation sites (N-methyl/N-ethyl adjacent to an activating group) is 1.